The minimum absolute atomic E-state index is 0.209. The van der Waals surface area contributed by atoms with Crippen LogP contribution in [-0.2, 0) is 9.59 Å². The molecule has 1 aliphatic carbocycles. The highest BCUT2D eigenvalue weighted by Gasteiger charge is 2.44. The molecule has 1 saturated heterocycles. The first kappa shape index (κ1) is 21.9. The Kier molecular flexibility index (Phi) is 8.34. The van der Waals surface area contributed by atoms with Gasteiger partial charge < -0.3 is 16.0 Å². The van der Waals surface area contributed by atoms with Crippen LogP contribution in [0.25, 0.3) is 0 Å². The Balaban J connectivity index is 1.78. The third kappa shape index (κ3) is 7.29. The fourth-order valence-electron chi connectivity index (χ4n) is 3.82. The number of nitrogens with zero attached hydrogens (tertiary/aromatic N) is 1. The second-order valence-corrected chi connectivity index (χ2v) is 7.59. The predicted molar refractivity (Wildman–Crippen MR) is 96.1 cm³/mol. The number of piperazine rings is 1. The van der Waals surface area contributed by atoms with Gasteiger partial charge in [0.1, 0.15) is 12.1 Å². The number of alkyl halides is 3. The standard InChI is InChI=1S/C18H31F3N4O2/c1-13(24-16(26)11-14-5-3-2-4-6-14)17(27)23-12-15(18(19,20)21)25-9-7-22-8-10-25/h13-15,22H,2-12H2,1H3,(H,23,27)(H,24,26). The molecular formula is C18H31F3N4O2. The summed E-state index contributed by atoms with van der Waals surface area (Å²) in [5.74, 6) is -0.452. The van der Waals surface area contributed by atoms with Crippen LogP contribution in [-0.4, -0.2) is 67.7 Å². The molecule has 0 aromatic heterocycles. The van der Waals surface area contributed by atoms with Crippen LogP contribution in [0.2, 0.25) is 0 Å². The van der Waals surface area contributed by atoms with E-state index in [2.05, 4.69) is 16.0 Å². The lowest BCUT2D eigenvalue weighted by molar-refractivity contribution is -0.184. The van der Waals surface area contributed by atoms with Crippen LogP contribution < -0.4 is 16.0 Å². The molecule has 0 aromatic rings. The van der Waals surface area contributed by atoms with Crippen LogP contribution in [0.4, 0.5) is 13.2 Å². The summed E-state index contributed by atoms with van der Waals surface area (Å²) in [6, 6.07) is -2.56. The Hall–Kier alpha value is -1.35. The van der Waals surface area contributed by atoms with Crippen molar-refractivity contribution < 1.29 is 22.8 Å². The molecule has 1 aliphatic heterocycles. The SMILES string of the molecule is CC(NC(=O)CC1CCCCC1)C(=O)NCC(N1CCNCC1)C(F)(F)F. The van der Waals surface area contributed by atoms with Gasteiger partial charge in [-0.05, 0) is 25.7 Å². The maximum Gasteiger partial charge on any atom is 0.405 e. The number of carbonyl (C=O) groups is 2. The van der Waals surface area contributed by atoms with Crippen molar-refractivity contribution in [1.82, 2.24) is 20.9 Å². The number of hydrogen-bond acceptors (Lipinski definition) is 4. The number of halogens is 3. The highest BCUT2D eigenvalue weighted by molar-refractivity contribution is 5.87. The maximum atomic E-state index is 13.3. The van der Waals surface area contributed by atoms with Gasteiger partial charge in [-0.2, -0.15) is 13.2 Å². The lowest BCUT2D eigenvalue weighted by atomic mass is 9.87. The van der Waals surface area contributed by atoms with Crippen molar-refractivity contribution in [1.29, 1.82) is 0 Å². The molecule has 2 aliphatic rings. The molecule has 0 bridgehead atoms. The summed E-state index contributed by atoms with van der Waals surface area (Å²) in [6.07, 6.45) is 1.45. The highest BCUT2D eigenvalue weighted by Crippen LogP contribution is 2.26. The minimum Gasteiger partial charge on any atom is -0.352 e. The van der Waals surface area contributed by atoms with Gasteiger partial charge in [0.2, 0.25) is 11.8 Å². The molecule has 1 heterocycles. The molecule has 2 rings (SSSR count). The topological polar surface area (TPSA) is 73.5 Å². The van der Waals surface area contributed by atoms with Crippen LogP contribution >= 0.6 is 0 Å². The van der Waals surface area contributed by atoms with Gasteiger partial charge in [0.15, 0.2) is 0 Å². The second-order valence-electron chi connectivity index (χ2n) is 7.59. The molecule has 2 fully saturated rings. The molecule has 2 atom stereocenters. The molecule has 9 heteroatoms. The van der Waals surface area contributed by atoms with Gasteiger partial charge in [-0.1, -0.05) is 19.3 Å². The smallest absolute Gasteiger partial charge is 0.352 e. The van der Waals surface area contributed by atoms with Crippen molar-refractivity contribution in [3.05, 3.63) is 0 Å². The van der Waals surface area contributed by atoms with E-state index in [1.165, 1.54) is 18.2 Å². The van der Waals surface area contributed by atoms with E-state index in [1.54, 1.807) is 0 Å². The predicted octanol–water partition coefficient (Wildman–Crippen LogP) is 1.41. The summed E-state index contributed by atoms with van der Waals surface area (Å²) in [6.45, 7) is 2.55. The molecule has 156 valence electrons. The van der Waals surface area contributed by atoms with E-state index >= 15 is 0 Å². The van der Waals surface area contributed by atoms with Crippen molar-refractivity contribution in [2.45, 2.75) is 63.7 Å². The summed E-state index contributed by atoms with van der Waals surface area (Å²) >= 11 is 0. The third-order valence-electron chi connectivity index (χ3n) is 5.41. The van der Waals surface area contributed by atoms with Crippen molar-refractivity contribution >= 4 is 11.8 Å². The second kappa shape index (κ2) is 10.3. The Labute approximate surface area is 158 Å². The molecule has 2 amide bonds. The van der Waals surface area contributed by atoms with Gasteiger partial charge in [-0.25, -0.2) is 0 Å². The number of nitrogens with one attached hydrogen (secondary N) is 3. The van der Waals surface area contributed by atoms with Crippen LogP contribution in [0, 0.1) is 5.92 Å². The Bertz CT molecular complexity index is 489. The minimum atomic E-state index is -4.42. The molecule has 2 unspecified atom stereocenters. The van der Waals surface area contributed by atoms with Gasteiger partial charge in [-0.3, -0.25) is 14.5 Å². The summed E-state index contributed by atoms with van der Waals surface area (Å²) in [7, 11) is 0. The molecule has 6 nitrogen and oxygen atoms in total. The van der Waals surface area contributed by atoms with E-state index < -0.39 is 30.7 Å². The van der Waals surface area contributed by atoms with Gasteiger partial charge in [0.05, 0.1) is 0 Å². The van der Waals surface area contributed by atoms with Crippen LogP contribution in [0.5, 0.6) is 0 Å². The largest absolute Gasteiger partial charge is 0.405 e. The number of rotatable bonds is 7. The quantitative estimate of drug-likeness (QED) is 0.613. The first-order chi connectivity index (χ1) is 12.8. The van der Waals surface area contributed by atoms with Gasteiger partial charge in [0.25, 0.3) is 0 Å². The molecule has 1 saturated carbocycles. The van der Waals surface area contributed by atoms with Gasteiger partial charge >= 0.3 is 6.18 Å². The van der Waals surface area contributed by atoms with E-state index in [9.17, 15) is 22.8 Å². The van der Waals surface area contributed by atoms with E-state index in [0.717, 1.165) is 25.7 Å². The van der Waals surface area contributed by atoms with Crippen LogP contribution in [0.1, 0.15) is 45.4 Å². The fourth-order valence-corrected chi connectivity index (χ4v) is 3.82. The van der Waals surface area contributed by atoms with E-state index in [1.807, 2.05) is 0 Å². The Morgan fingerprint density at radius 1 is 1.15 bits per heavy atom. The maximum absolute atomic E-state index is 13.3. The number of carbonyl (C=O) groups excluding carboxylic acids is 2. The van der Waals surface area contributed by atoms with Gasteiger partial charge in [0, 0.05) is 39.1 Å². The van der Waals surface area contributed by atoms with Crippen LogP contribution in [0.3, 0.4) is 0 Å². The van der Waals surface area contributed by atoms with E-state index in [0.29, 0.717) is 25.4 Å². The normalized spacial score (nSPS) is 22.1. The van der Waals surface area contributed by atoms with Crippen LogP contribution in [0.15, 0.2) is 0 Å². The summed E-state index contributed by atoms with van der Waals surface area (Å²) in [4.78, 5) is 25.6. The molecule has 3 N–H and O–H groups in total. The molecule has 27 heavy (non-hydrogen) atoms. The summed E-state index contributed by atoms with van der Waals surface area (Å²) < 4.78 is 40.0. The van der Waals surface area contributed by atoms with Crippen molar-refractivity contribution in [3.63, 3.8) is 0 Å². The lowest BCUT2D eigenvalue weighted by Crippen LogP contribution is -2.58. The monoisotopic (exact) mass is 392 g/mol. The average molecular weight is 392 g/mol. The molecule has 0 radical (unpaired) electrons. The zero-order valence-corrected chi connectivity index (χ0v) is 15.9. The van der Waals surface area contributed by atoms with E-state index in [-0.39, 0.29) is 19.0 Å². The fraction of sp³-hybridized carbons (Fsp3) is 0.889. The summed E-state index contributed by atoms with van der Waals surface area (Å²) in [5, 5.41) is 7.99. The van der Waals surface area contributed by atoms with Crippen molar-refractivity contribution in [2.24, 2.45) is 5.92 Å². The van der Waals surface area contributed by atoms with Gasteiger partial charge in [-0.15, -0.1) is 0 Å². The zero-order chi connectivity index (χ0) is 19.9. The average Bonchev–Trinajstić information content (AvgIpc) is 2.62. The van der Waals surface area contributed by atoms with Crippen molar-refractivity contribution in [2.75, 3.05) is 32.7 Å². The highest BCUT2D eigenvalue weighted by atomic mass is 19.4. The number of amides is 2. The van der Waals surface area contributed by atoms with E-state index in [4.69, 9.17) is 0 Å². The first-order valence-corrected chi connectivity index (χ1v) is 9.86. The Morgan fingerprint density at radius 3 is 2.37 bits per heavy atom. The molecule has 0 aromatic carbocycles. The molecule has 0 spiro atoms. The van der Waals surface area contributed by atoms with Crippen molar-refractivity contribution in [3.8, 4) is 0 Å². The first-order valence-electron chi connectivity index (χ1n) is 9.86. The summed E-state index contributed by atoms with van der Waals surface area (Å²) in [5.41, 5.74) is 0. The Morgan fingerprint density at radius 2 is 1.78 bits per heavy atom. The third-order valence-corrected chi connectivity index (χ3v) is 5.41. The molecular weight excluding hydrogens is 361 g/mol. The lowest BCUT2D eigenvalue weighted by Gasteiger charge is -2.36. The number of hydrogen-bond donors (Lipinski definition) is 3. The zero-order valence-electron chi connectivity index (χ0n) is 15.9.